The Hall–Kier alpha value is -2.15. The first-order valence-electron chi connectivity index (χ1n) is 6.37. The number of benzene rings is 2. The largest absolute Gasteiger partial charge is 0.489 e. The van der Waals surface area contributed by atoms with Crippen LogP contribution in [-0.2, 0) is 11.3 Å². The van der Waals surface area contributed by atoms with Crippen LogP contribution >= 0.6 is 23.2 Å². The van der Waals surface area contributed by atoms with Gasteiger partial charge in [-0.1, -0.05) is 35.2 Å². The smallest absolute Gasteiger partial charge is 0.339 e. The molecule has 0 unspecified atom stereocenters. The maximum atomic E-state index is 11.6. The highest BCUT2D eigenvalue weighted by Crippen LogP contribution is 2.23. The van der Waals surface area contributed by atoms with Crippen LogP contribution < -0.4 is 4.74 Å². The fraction of sp³-hybridized carbons (Fsp3) is 0.118. The Labute approximate surface area is 138 Å². The van der Waals surface area contributed by atoms with E-state index in [0.29, 0.717) is 28.0 Å². The van der Waals surface area contributed by atoms with Crippen molar-refractivity contribution in [3.63, 3.8) is 0 Å². The minimum atomic E-state index is -0.467. The lowest BCUT2D eigenvalue weighted by molar-refractivity contribution is 0.0556. The Morgan fingerprint density at radius 3 is 2.50 bits per heavy atom. The summed E-state index contributed by atoms with van der Waals surface area (Å²) >= 11 is 11.9. The monoisotopic (exact) mass is 334 g/mol. The minimum Gasteiger partial charge on any atom is -0.489 e. The zero-order valence-corrected chi connectivity index (χ0v) is 13.0. The quantitative estimate of drug-likeness (QED) is 0.601. The van der Waals surface area contributed by atoms with Crippen LogP contribution in [0.2, 0.25) is 10.0 Å². The second-order valence-corrected chi connectivity index (χ2v) is 5.17. The second-order valence-electron chi connectivity index (χ2n) is 4.33. The standard InChI is InChI=1S/C17H12Cl2O3/c1-2-9-21-17(20)12-4-7-15(8-5-12)22-11-13-3-6-14(18)10-16(13)19/h1,3-8,10H,9,11H2. The Morgan fingerprint density at radius 2 is 1.86 bits per heavy atom. The topological polar surface area (TPSA) is 35.5 Å². The van der Waals surface area contributed by atoms with Crippen molar-refractivity contribution in [3.05, 3.63) is 63.6 Å². The maximum Gasteiger partial charge on any atom is 0.339 e. The normalized spacial score (nSPS) is 9.86. The van der Waals surface area contributed by atoms with Gasteiger partial charge in [-0.15, -0.1) is 6.42 Å². The van der Waals surface area contributed by atoms with Gasteiger partial charge in [-0.25, -0.2) is 4.79 Å². The van der Waals surface area contributed by atoms with E-state index in [9.17, 15) is 4.79 Å². The summed E-state index contributed by atoms with van der Waals surface area (Å²) in [6.07, 6.45) is 5.03. The first-order chi connectivity index (χ1) is 10.6. The summed E-state index contributed by atoms with van der Waals surface area (Å²) in [5, 5.41) is 1.12. The third kappa shape index (κ3) is 4.42. The van der Waals surface area contributed by atoms with Crippen LogP contribution in [0.4, 0.5) is 0 Å². The highest BCUT2D eigenvalue weighted by molar-refractivity contribution is 6.35. The van der Waals surface area contributed by atoms with E-state index >= 15 is 0 Å². The molecule has 0 heterocycles. The molecule has 0 aliphatic rings. The molecule has 0 fully saturated rings. The molecule has 112 valence electrons. The molecule has 0 atom stereocenters. The molecule has 2 aromatic carbocycles. The summed E-state index contributed by atoms with van der Waals surface area (Å²) in [4.78, 5) is 11.6. The molecule has 5 heteroatoms. The number of halogens is 2. The molecule has 0 amide bonds. The number of hydrogen-bond acceptors (Lipinski definition) is 3. The van der Waals surface area contributed by atoms with Crippen molar-refractivity contribution in [2.75, 3.05) is 6.61 Å². The van der Waals surface area contributed by atoms with Gasteiger partial charge in [-0.05, 0) is 36.4 Å². The molecule has 0 saturated heterocycles. The minimum absolute atomic E-state index is 0.0495. The molecule has 0 aliphatic heterocycles. The predicted molar refractivity (Wildman–Crippen MR) is 86.4 cm³/mol. The number of carbonyl (C=O) groups is 1. The van der Waals surface area contributed by atoms with Crippen LogP contribution in [0.25, 0.3) is 0 Å². The number of ether oxygens (including phenoxy) is 2. The molecule has 0 radical (unpaired) electrons. The van der Waals surface area contributed by atoms with E-state index in [2.05, 4.69) is 5.92 Å². The van der Waals surface area contributed by atoms with E-state index in [1.165, 1.54) is 0 Å². The SMILES string of the molecule is C#CCOC(=O)c1ccc(OCc2ccc(Cl)cc2Cl)cc1. The molecule has 0 spiro atoms. The molecule has 22 heavy (non-hydrogen) atoms. The summed E-state index contributed by atoms with van der Waals surface area (Å²) in [7, 11) is 0. The van der Waals surface area contributed by atoms with E-state index in [4.69, 9.17) is 39.1 Å². The van der Waals surface area contributed by atoms with E-state index in [1.807, 2.05) is 0 Å². The van der Waals surface area contributed by atoms with Crippen molar-refractivity contribution in [3.8, 4) is 18.1 Å². The molecule has 2 rings (SSSR count). The van der Waals surface area contributed by atoms with Gasteiger partial charge in [0.2, 0.25) is 0 Å². The lowest BCUT2D eigenvalue weighted by Gasteiger charge is -2.08. The molecule has 0 N–H and O–H groups in total. The van der Waals surface area contributed by atoms with E-state index < -0.39 is 5.97 Å². The Kier molecular flexibility index (Phi) is 5.71. The summed E-state index contributed by atoms with van der Waals surface area (Å²) in [5.74, 6) is 2.38. The van der Waals surface area contributed by atoms with Gasteiger partial charge in [0, 0.05) is 15.6 Å². The number of rotatable bonds is 5. The average Bonchev–Trinajstić information content (AvgIpc) is 2.52. The van der Waals surface area contributed by atoms with Gasteiger partial charge >= 0.3 is 5.97 Å². The molecule has 2 aromatic rings. The van der Waals surface area contributed by atoms with E-state index in [0.717, 1.165) is 5.56 Å². The van der Waals surface area contributed by atoms with Crippen molar-refractivity contribution in [1.29, 1.82) is 0 Å². The third-order valence-corrected chi connectivity index (χ3v) is 3.37. The van der Waals surface area contributed by atoms with Crippen molar-refractivity contribution in [2.45, 2.75) is 6.61 Å². The fourth-order valence-corrected chi connectivity index (χ4v) is 2.14. The molecule has 0 bridgehead atoms. The summed E-state index contributed by atoms with van der Waals surface area (Å²) in [6.45, 7) is 0.253. The Morgan fingerprint density at radius 1 is 1.14 bits per heavy atom. The maximum absolute atomic E-state index is 11.6. The Balaban J connectivity index is 1.97. The van der Waals surface area contributed by atoms with Crippen LogP contribution in [0.3, 0.4) is 0 Å². The predicted octanol–water partition coefficient (Wildman–Crippen LogP) is 4.36. The van der Waals surface area contributed by atoms with Gasteiger partial charge in [0.1, 0.15) is 12.4 Å². The number of esters is 1. The van der Waals surface area contributed by atoms with Crippen molar-refractivity contribution < 1.29 is 14.3 Å². The van der Waals surface area contributed by atoms with Gasteiger partial charge in [0.05, 0.1) is 5.56 Å². The first kappa shape index (κ1) is 16.2. The number of hydrogen-bond donors (Lipinski definition) is 0. The van der Waals surface area contributed by atoms with Crippen LogP contribution in [0, 0.1) is 12.3 Å². The van der Waals surface area contributed by atoms with Gasteiger partial charge in [0.15, 0.2) is 6.61 Å². The highest BCUT2D eigenvalue weighted by Gasteiger charge is 2.07. The molecule has 3 nitrogen and oxygen atoms in total. The summed E-state index contributed by atoms with van der Waals surface area (Å²) in [5.41, 5.74) is 1.23. The van der Waals surface area contributed by atoms with Gasteiger partial charge in [-0.3, -0.25) is 0 Å². The molecule has 0 aromatic heterocycles. The van der Waals surface area contributed by atoms with Crippen molar-refractivity contribution >= 4 is 29.2 Å². The fourth-order valence-electron chi connectivity index (χ4n) is 1.68. The number of terminal acetylenes is 1. The van der Waals surface area contributed by atoms with Gasteiger partial charge in [0.25, 0.3) is 0 Å². The van der Waals surface area contributed by atoms with Gasteiger partial charge in [-0.2, -0.15) is 0 Å². The molecular weight excluding hydrogens is 323 g/mol. The first-order valence-corrected chi connectivity index (χ1v) is 7.13. The van der Waals surface area contributed by atoms with E-state index in [-0.39, 0.29) is 6.61 Å². The third-order valence-electron chi connectivity index (χ3n) is 2.79. The molecule has 0 saturated carbocycles. The average molecular weight is 335 g/mol. The van der Waals surface area contributed by atoms with Crippen LogP contribution in [0.1, 0.15) is 15.9 Å². The van der Waals surface area contributed by atoms with Gasteiger partial charge < -0.3 is 9.47 Å². The molecular formula is C17H12Cl2O3. The second kappa shape index (κ2) is 7.74. The van der Waals surface area contributed by atoms with Crippen LogP contribution in [0.15, 0.2) is 42.5 Å². The zero-order valence-electron chi connectivity index (χ0n) is 11.5. The highest BCUT2D eigenvalue weighted by atomic mass is 35.5. The summed E-state index contributed by atoms with van der Waals surface area (Å²) in [6, 6.07) is 11.8. The Bertz CT molecular complexity index is 703. The zero-order chi connectivity index (χ0) is 15.9. The lowest BCUT2D eigenvalue weighted by Crippen LogP contribution is -2.05. The number of carbonyl (C=O) groups excluding carboxylic acids is 1. The van der Waals surface area contributed by atoms with Crippen LogP contribution in [0.5, 0.6) is 5.75 Å². The lowest BCUT2D eigenvalue weighted by atomic mass is 10.2. The van der Waals surface area contributed by atoms with Crippen molar-refractivity contribution in [1.82, 2.24) is 0 Å². The van der Waals surface area contributed by atoms with E-state index in [1.54, 1.807) is 42.5 Å². The van der Waals surface area contributed by atoms with Crippen molar-refractivity contribution in [2.24, 2.45) is 0 Å². The van der Waals surface area contributed by atoms with Crippen LogP contribution in [-0.4, -0.2) is 12.6 Å². The molecule has 0 aliphatic carbocycles. The summed E-state index contributed by atoms with van der Waals surface area (Å²) < 4.78 is 10.4.